The van der Waals surface area contributed by atoms with Gasteiger partial charge in [-0.3, -0.25) is 4.79 Å². The molecule has 0 aromatic heterocycles. The van der Waals surface area contributed by atoms with Gasteiger partial charge in [-0.15, -0.1) is 0 Å². The van der Waals surface area contributed by atoms with Gasteiger partial charge in [-0.2, -0.15) is 0 Å². The number of carbonyl (C=O) groups excluding carboxylic acids is 1. The Hall–Kier alpha value is -1.57. The molecule has 0 unspecified atom stereocenters. The lowest BCUT2D eigenvalue weighted by Crippen LogP contribution is -2.13. The molecule has 0 N–H and O–H groups in total. The Morgan fingerprint density at radius 3 is 2.67 bits per heavy atom. The SMILES string of the molecule is CC(=O)C1=CN(Cc2ccccc2)CC1. The zero-order valence-electron chi connectivity index (χ0n) is 8.94. The summed E-state index contributed by atoms with van der Waals surface area (Å²) in [7, 11) is 0. The Morgan fingerprint density at radius 2 is 2.07 bits per heavy atom. The molecule has 0 aliphatic carbocycles. The van der Waals surface area contributed by atoms with E-state index in [1.807, 2.05) is 24.4 Å². The number of nitrogens with zero attached hydrogens (tertiary/aromatic N) is 1. The minimum absolute atomic E-state index is 0.200. The average molecular weight is 201 g/mol. The minimum atomic E-state index is 0.200. The molecule has 15 heavy (non-hydrogen) atoms. The van der Waals surface area contributed by atoms with Crippen LogP contribution < -0.4 is 0 Å². The fourth-order valence-electron chi connectivity index (χ4n) is 1.82. The van der Waals surface area contributed by atoms with Gasteiger partial charge in [0, 0.05) is 24.9 Å². The molecule has 0 bridgehead atoms. The molecule has 2 rings (SSSR count). The summed E-state index contributed by atoms with van der Waals surface area (Å²) in [5.74, 6) is 0.200. The van der Waals surface area contributed by atoms with Crippen LogP contribution in [0.5, 0.6) is 0 Å². The topological polar surface area (TPSA) is 20.3 Å². The van der Waals surface area contributed by atoms with Crippen molar-refractivity contribution in [3.63, 3.8) is 0 Å². The van der Waals surface area contributed by atoms with Crippen LogP contribution in [0.15, 0.2) is 42.1 Å². The summed E-state index contributed by atoms with van der Waals surface area (Å²) in [5, 5.41) is 0. The highest BCUT2D eigenvalue weighted by Crippen LogP contribution is 2.17. The summed E-state index contributed by atoms with van der Waals surface area (Å²) < 4.78 is 0. The van der Waals surface area contributed by atoms with E-state index in [1.54, 1.807) is 6.92 Å². The second kappa shape index (κ2) is 4.30. The molecule has 2 heteroatoms. The first-order valence-corrected chi connectivity index (χ1v) is 5.25. The van der Waals surface area contributed by atoms with Crippen molar-refractivity contribution in [1.82, 2.24) is 4.90 Å². The van der Waals surface area contributed by atoms with Crippen LogP contribution in [0.25, 0.3) is 0 Å². The highest BCUT2D eigenvalue weighted by atomic mass is 16.1. The summed E-state index contributed by atoms with van der Waals surface area (Å²) in [6, 6.07) is 10.3. The molecule has 0 atom stereocenters. The summed E-state index contributed by atoms with van der Waals surface area (Å²) in [5.41, 5.74) is 2.24. The monoisotopic (exact) mass is 201 g/mol. The molecule has 1 aromatic rings. The Labute approximate surface area is 90.2 Å². The predicted molar refractivity (Wildman–Crippen MR) is 60.2 cm³/mol. The molecule has 2 nitrogen and oxygen atoms in total. The maximum absolute atomic E-state index is 11.1. The normalized spacial score (nSPS) is 15.3. The molecule has 1 aliphatic rings. The third-order valence-electron chi connectivity index (χ3n) is 2.69. The molecule has 1 aromatic carbocycles. The highest BCUT2D eigenvalue weighted by molar-refractivity contribution is 5.93. The van der Waals surface area contributed by atoms with Gasteiger partial charge < -0.3 is 4.90 Å². The standard InChI is InChI=1S/C13H15NO/c1-11(15)13-7-8-14(10-13)9-12-5-3-2-4-6-12/h2-6,10H,7-9H2,1H3. The summed E-state index contributed by atoms with van der Waals surface area (Å²) in [6.45, 7) is 3.50. The van der Waals surface area contributed by atoms with Crippen molar-refractivity contribution < 1.29 is 4.79 Å². The van der Waals surface area contributed by atoms with Crippen LogP contribution in [0.1, 0.15) is 18.9 Å². The highest BCUT2D eigenvalue weighted by Gasteiger charge is 2.15. The number of rotatable bonds is 3. The number of ketones is 1. The fourth-order valence-corrected chi connectivity index (χ4v) is 1.82. The van der Waals surface area contributed by atoms with Crippen molar-refractivity contribution in [2.45, 2.75) is 19.9 Å². The van der Waals surface area contributed by atoms with Crippen molar-refractivity contribution in [2.24, 2.45) is 0 Å². The third kappa shape index (κ3) is 2.46. The molecule has 0 amide bonds. The van der Waals surface area contributed by atoms with Crippen molar-refractivity contribution in [3.8, 4) is 0 Å². The fraction of sp³-hybridized carbons (Fsp3) is 0.308. The molecule has 0 saturated carbocycles. The molecule has 0 fully saturated rings. The van der Waals surface area contributed by atoms with Gasteiger partial charge in [0.25, 0.3) is 0 Å². The summed E-state index contributed by atoms with van der Waals surface area (Å²) in [6.07, 6.45) is 2.89. The lowest BCUT2D eigenvalue weighted by molar-refractivity contribution is -0.113. The Kier molecular flexibility index (Phi) is 2.86. The predicted octanol–water partition coefficient (Wildman–Crippen LogP) is 2.37. The Bertz CT molecular complexity index is 381. The van der Waals surface area contributed by atoms with E-state index in [0.29, 0.717) is 0 Å². The Balaban J connectivity index is 2.01. The van der Waals surface area contributed by atoms with Gasteiger partial charge in [0.05, 0.1) is 0 Å². The van der Waals surface area contributed by atoms with Gasteiger partial charge in [-0.1, -0.05) is 30.3 Å². The first-order chi connectivity index (χ1) is 7.25. The van der Waals surface area contributed by atoms with E-state index in [4.69, 9.17) is 0 Å². The van der Waals surface area contributed by atoms with Crippen LogP contribution in [0.3, 0.4) is 0 Å². The maximum Gasteiger partial charge on any atom is 0.157 e. The van der Waals surface area contributed by atoms with Crippen molar-refractivity contribution in [3.05, 3.63) is 47.7 Å². The maximum atomic E-state index is 11.1. The number of carbonyl (C=O) groups is 1. The molecule has 1 aliphatic heterocycles. The van der Waals surface area contributed by atoms with Gasteiger partial charge in [-0.25, -0.2) is 0 Å². The zero-order chi connectivity index (χ0) is 10.7. The quantitative estimate of drug-likeness (QED) is 0.748. The molecule has 1 heterocycles. The van der Waals surface area contributed by atoms with Gasteiger partial charge in [0.2, 0.25) is 0 Å². The van der Waals surface area contributed by atoms with Crippen LogP contribution in [0.2, 0.25) is 0 Å². The van der Waals surface area contributed by atoms with E-state index in [2.05, 4.69) is 17.0 Å². The van der Waals surface area contributed by atoms with Crippen LogP contribution in [0.4, 0.5) is 0 Å². The molecular formula is C13H15NO. The van der Waals surface area contributed by atoms with Gasteiger partial charge in [-0.05, 0) is 18.9 Å². The number of hydrogen-bond acceptors (Lipinski definition) is 2. The number of benzene rings is 1. The van der Waals surface area contributed by atoms with Crippen LogP contribution in [0, 0.1) is 0 Å². The van der Waals surface area contributed by atoms with Crippen LogP contribution in [-0.4, -0.2) is 17.2 Å². The van der Waals surface area contributed by atoms with Crippen LogP contribution >= 0.6 is 0 Å². The molecule has 0 radical (unpaired) electrons. The largest absolute Gasteiger partial charge is 0.372 e. The number of Topliss-reactive ketones (excluding diaryl/α,β-unsaturated/α-hetero) is 1. The van der Waals surface area contributed by atoms with E-state index in [0.717, 1.165) is 25.1 Å². The van der Waals surface area contributed by atoms with Gasteiger partial charge >= 0.3 is 0 Å². The smallest absolute Gasteiger partial charge is 0.157 e. The molecule has 78 valence electrons. The first kappa shape index (κ1) is 9.97. The van der Waals surface area contributed by atoms with Gasteiger partial charge in [0.15, 0.2) is 5.78 Å². The average Bonchev–Trinajstić information content (AvgIpc) is 2.68. The van der Waals surface area contributed by atoms with E-state index >= 15 is 0 Å². The van der Waals surface area contributed by atoms with Crippen molar-refractivity contribution in [2.75, 3.05) is 6.54 Å². The van der Waals surface area contributed by atoms with E-state index < -0.39 is 0 Å². The lowest BCUT2D eigenvalue weighted by Gasteiger charge is -2.14. The van der Waals surface area contributed by atoms with E-state index in [9.17, 15) is 4.79 Å². The lowest BCUT2D eigenvalue weighted by atomic mass is 10.2. The second-order valence-electron chi connectivity index (χ2n) is 3.92. The molecule has 0 spiro atoms. The van der Waals surface area contributed by atoms with E-state index in [-0.39, 0.29) is 5.78 Å². The van der Waals surface area contributed by atoms with Crippen LogP contribution in [-0.2, 0) is 11.3 Å². The second-order valence-corrected chi connectivity index (χ2v) is 3.92. The first-order valence-electron chi connectivity index (χ1n) is 5.25. The van der Waals surface area contributed by atoms with Crippen molar-refractivity contribution in [1.29, 1.82) is 0 Å². The minimum Gasteiger partial charge on any atom is -0.372 e. The molecular weight excluding hydrogens is 186 g/mol. The Morgan fingerprint density at radius 1 is 1.33 bits per heavy atom. The van der Waals surface area contributed by atoms with Gasteiger partial charge in [0.1, 0.15) is 0 Å². The van der Waals surface area contributed by atoms with E-state index in [1.165, 1.54) is 5.56 Å². The summed E-state index contributed by atoms with van der Waals surface area (Å²) >= 11 is 0. The number of hydrogen-bond donors (Lipinski definition) is 0. The third-order valence-corrected chi connectivity index (χ3v) is 2.69. The molecule has 0 saturated heterocycles. The summed E-state index contributed by atoms with van der Waals surface area (Å²) in [4.78, 5) is 13.3. The van der Waals surface area contributed by atoms with Crippen molar-refractivity contribution >= 4 is 5.78 Å². The zero-order valence-corrected chi connectivity index (χ0v) is 8.94.